The van der Waals surface area contributed by atoms with E-state index in [0.29, 0.717) is 32.4 Å². The maximum atomic E-state index is 14.3. The molecule has 8 nitrogen and oxygen atoms in total. The molecule has 6 rings (SSSR count). The summed E-state index contributed by atoms with van der Waals surface area (Å²) in [5.74, 6) is 1.48. The van der Waals surface area contributed by atoms with E-state index in [4.69, 9.17) is 4.18 Å². The van der Waals surface area contributed by atoms with Crippen LogP contribution in [0.2, 0.25) is 0 Å². The monoisotopic (exact) mass is 567 g/mol. The second-order valence-electron chi connectivity index (χ2n) is 13.0. The van der Waals surface area contributed by atoms with Crippen LogP contribution < -0.4 is 4.90 Å². The third-order valence-electron chi connectivity index (χ3n) is 10.9. The minimum Gasteiger partial charge on any atom is -0.354 e. The molecule has 40 heavy (non-hydrogen) atoms. The fraction of sp³-hybridized carbons (Fsp3) is 0.645. The molecular weight excluding hydrogens is 526 g/mol. The van der Waals surface area contributed by atoms with Crippen LogP contribution in [-0.4, -0.2) is 74.4 Å². The van der Waals surface area contributed by atoms with Crippen LogP contribution in [-0.2, 0) is 23.9 Å². The molecule has 0 aromatic carbocycles. The first-order valence-corrected chi connectivity index (χ1v) is 16.5. The van der Waals surface area contributed by atoms with E-state index in [2.05, 4.69) is 34.7 Å². The number of carbonyl (C=O) groups excluding carboxylic acids is 2. The van der Waals surface area contributed by atoms with E-state index in [-0.39, 0.29) is 35.4 Å². The molecule has 1 aliphatic heterocycles. The van der Waals surface area contributed by atoms with Crippen molar-refractivity contribution in [2.75, 3.05) is 43.9 Å². The summed E-state index contributed by atoms with van der Waals surface area (Å²) >= 11 is 0. The van der Waals surface area contributed by atoms with Crippen LogP contribution >= 0.6 is 0 Å². The molecule has 3 fully saturated rings. The van der Waals surface area contributed by atoms with Gasteiger partial charge in [0.15, 0.2) is 17.2 Å². The Balaban J connectivity index is 1.26. The van der Waals surface area contributed by atoms with Gasteiger partial charge in [-0.25, -0.2) is 4.98 Å². The predicted octanol–water partition coefficient (Wildman–Crippen LogP) is 3.94. The summed E-state index contributed by atoms with van der Waals surface area (Å²) in [6, 6.07) is 5.87. The van der Waals surface area contributed by atoms with Crippen LogP contribution in [0.3, 0.4) is 0 Å². The molecule has 1 aromatic rings. The van der Waals surface area contributed by atoms with Gasteiger partial charge in [-0.2, -0.15) is 8.42 Å². The molecule has 5 atom stereocenters. The van der Waals surface area contributed by atoms with E-state index in [1.807, 2.05) is 24.3 Å². The molecule has 5 aliphatic rings. The summed E-state index contributed by atoms with van der Waals surface area (Å²) in [6.07, 6.45) is 12.0. The minimum absolute atomic E-state index is 0.113. The molecule has 9 heteroatoms. The first-order valence-electron chi connectivity index (χ1n) is 14.7. The maximum Gasteiger partial charge on any atom is 0.265 e. The summed E-state index contributed by atoms with van der Waals surface area (Å²) in [7, 11) is -3.87. The van der Waals surface area contributed by atoms with Gasteiger partial charge in [0.25, 0.3) is 10.1 Å². The molecule has 1 saturated heterocycles. The highest BCUT2D eigenvalue weighted by Gasteiger charge is 2.67. The van der Waals surface area contributed by atoms with Crippen molar-refractivity contribution in [1.82, 2.24) is 9.88 Å². The number of anilines is 1. The zero-order chi connectivity index (χ0) is 28.3. The van der Waals surface area contributed by atoms with Gasteiger partial charge in [-0.3, -0.25) is 18.7 Å². The molecule has 0 amide bonds. The summed E-state index contributed by atoms with van der Waals surface area (Å²) in [6.45, 7) is 7.48. The van der Waals surface area contributed by atoms with Crippen LogP contribution in [0.25, 0.3) is 0 Å². The van der Waals surface area contributed by atoms with Crippen LogP contribution in [0, 0.1) is 22.7 Å². The average Bonchev–Trinajstić information content (AvgIpc) is 3.21. The van der Waals surface area contributed by atoms with Crippen molar-refractivity contribution in [2.45, 2.75) is 64.4 Å². The largest absolute Gasteiger partial charge is 0.354 e. The van der Waals surface area contributed by atoms with Crippen molar-refractivity contribution in [1.29, 1.82) is 0 Å². The molecule has 216 valence electrons. The summed E-state index contributed by atoms with van der Waals surface area (Å²) in [4.78, 5) is 35.3. The van der Waals surface area contributed by atoms with Crippen molar-refractivity contribution in [3.8, 4) is 0 Å². The summed E-state index contributed by atoms with van der Waals surface area (Å²) < 4.78 is 31.4. The van der Waals surface area contributed by atoms with Gasteiger partial charge in [0.1, 0.15) is 5.82 Å². The molecule has 0 radical (unpaired) electrons. The Hall–Kier alpha value is -2.36. The maximum absolute atomic E-state index is 14.3. The van der Waals surface area contributed by atoms with E-state index < -0.39 is 21.1 Å². The lowest BCUT2D eigenvalue weighted by molar-refractivity contribution is -0.148. The number of ketones is 2. The number of allylic oxidation sites excluding steroid dienone is 4. The third kappa shape index (κ3) is 4.49. The normalized spacial score (nSPS) is 36.3. The molecule has 0 bridgehead atoms. The Labute approximate surface area is 238 Å². The zero-order valence-electron chi connectivity index (χ0n) is 23.9. The van der Waals surface area contributed by atoms with E-state index in [1.165, 1.54) is 11.1 Å². The van der Waals surface area contributed by atoms with Gasteiger partial charge in [0.2, 0.25) is 0 Å². The summed E-state index contributed by atoms with van der Waals surface area (Å²) in [5.41, 5.74) is 0.545. The molecule has 0 unspecified atom stereocenters. The number of fused-ring (bicyclic) bond motifs is 5. The van der Waals surface area contributed by atoms with Gasteiger partial charge < -0.3 is 4.90 Å². The lowest BCUT2D eigenvalue weighted by Crippen LogP contribution is -2.60. The minimum atomic E-state index is -3.87. The van der Waals surface area contributed by atoms with Gasteiger partial charge in [0, 0.05) is 49.6 Å². The first kappa shape index (κ1) is 27.8. The topological polar surface area (TPSA) is 96.9 Å². The van der Waals surface area contributed by atoms with Crippen LogP contribution in [0.1, 0.15) is 58.8 Å². The number of rotatable bonds is 6. The zero-order valence-corrected chi connectivity index (χ0v) is 24.7. The van der Waals surface area contributed by atoms with Crippen LogP contribution in [0.4, 0.5) is 5.82 Å². The molecule has 2 saturated carbocycles. The van der Waals surface area contributed by atoms with E-state index in [9.17, 15) is 18.0 Å². The summed E-state index contributed by atoms with van der Waals surface area (Å²) in [5, 5.41) is 0. The third-order valence-corrected chi connectivity index (χ3v) is 11.5. The van der Waals surface area contributed by atoms with Gasteiger partial charge >= 0.3 is 0 Å². The Morgan fingerprint density at radius 2 is 1.88 bits per heavy atom. The molecule has 1 aromatic heterocycles. The first-order chi connectivity index (χ1) is 19.0. The predicted molar refractivity (Wildman–Crippen MR) is 153 cm³/mol. The Bertz CT molecular complexity index is 1370. The standard InChI is InChI=1S/C31H41N3O5S/c1-29-12-9-23(35)20-22(29)7-8-24-25(29)10-13-30(2)26(24)11-14-31(30,39-40(3,37)38)27(36)21-33-16-18-34(19-17-33)28-6-4-5-15-32-28/h4-6,10,15,20,24,26H,7-9,11-14,16-19,21H2,1-3H3/t24-,26+,29+,30+,31+/m1/s1. The van der Waals surface area contributed by atoms with Crippen molar-refractivity contribution in [2.24, 2.45) is 22.7 Å². The second kappa shape index (κ2) is 9.88. The fourth-order valence-corrected chi connectivity index (χ4v) is 9.64. The quantitative estimate of drug-likeness (QED) is 0.377. The van der Waals surface area contributed by atoms with Crippen molar-refractivity contribution in [3.63, 3.8) is 0 Å². The number of piperazine rings is 1. The molecule has 0 N–H and O–H groups in total. The van der Waals surface area contributed by atoms with Crippen molar-refractivity contribution < 1.29 is 22.2 Å². The van der Waals surface area contributed by atoms with Gasteiger partial charge in [-0.05, 0) is 68.6 Å². The Morgan fingerprint density at radius 3 is 2.58 bits per heavy atom. The van der Waals surface area contributed by atoms with Crippen LogP contribution in [0.5, 0.6) is 0 Å². The number of pyridine rings is 1. The number of carbonyl (C=O) groups is 2. The van der Waals surface area contributed by atoms with E-state index in [1.54, 1.807) is 6.20 Å². The number of Topliss-reactive ketones (excluding diaryl/α,β-unsaturated/α-hetero) is 1. The van der Waals surface area contributed by atoms with Gasteiger partial charge in [-0.1, -0.05) is 37.1 Å². The lowest BCUT2D eigenvalue weighted by Gasteiger charge is -2.55. The molecular formula is C31H41N3O5S. The SMILES string of the molecule is C[C@]12CCC(=O)C=C1CC[C@@H]1C2=CC[C@@]2(C)[C@H]1CC[C@]2(OS(C)(=O)=O)C(=O)CN1CCN(c2ccccn2)CC1. The smallest absolute Gasteiger partial charge is 0.265 e. The molecule has 4 aliphatic carbocycles. The van der Waals surface area contributed by atoms with Crippen molar-refractivity contribution >= 4 is 27.5 Å². The van der Waals surface area contributed by atoms with E-state index in [0.717, 1.165) is 50.8 Å². The molecule has 2 heterocycles. The number of hydrogen-bond donors (Lipinski definition) is 0. The fourth-order valence-electron chi connectivity index (χ4n) is 8.76. The molecule has 0 spiro atoms. The average molecular weight is 568 g/mol. The highest BCUT2D eigenvalue weighted by molar-refractivity contribution is 7.86. The highest BCUT2D eigenvalue weighted by atomic mass is 32.2. The van der Waals surface area contributed by atoms with Crippen LogP contribution in [0.15, 0.2) is 47.7 Å². The Morgan fingerprint density at radius 1 is 1.10 bits per heavy atom. The number of aromatic nitrogens is 1. The Kier molecular flexibility index (Phi) is 6.86. The van der Waals surface area contributed by atoms with Crippen molar-refractivity contribution in [3.05, 3.63) is 47.7 Å². The van der Waals surface area contributed by atoms with Gasteiger partial charge in [-0.15, -0.1) is 0 Å². The highest BCUT2D eigenvalue weighted by Crippen LogP contribution is 2.66. The number of nitrogens with zero attached hydrogens (tertiary/aromatic N) is 3. The lowest BCUT2D eigenvalue weighted by atomic mass is 9.50. The van der Waals surface area contributed by atoms with E-state index >= 15 is 0 Å². The second-order valence-corrected chi connectivity index (χ2v) is 14.6. The van der Waals surface area contributed by atoms with Gasteiger partial charge in [0.05, 0.1) is 12.8 Å². The number of hydrogen-bond acceptors (Lipinski definition) is 8.